The summed E-state index contributed by atoms with van der Waals surface area (Å²) in [5.41, 5.74) is -3.22. The molecule has 1 aliphatic heterocycles. The fourth-order valence-corrected chi connectivity index (χ4v) is 2.56. The molecule has 17 heavy (non-hydrogen) atoms. The summed E-state index contributed by atoms with van der Waals surface area (Å²) < 4.78 is 37.8. The number of carbonyl (C=O) groups excluding carboxylic acids is 1. The number of rotatable bonds is 3. The molecule has 0 radical (unpaired) electrons. The van der Waals surface area contributed by atoms with Crippen LogP contribution in [0.5, 0.6) is 0 Å². The molecule has 4 nitrogen and oxygen atoms in total. The van der Waals surface area contributed by atoms with E-state index >= 15 is 0 Å². The number of hydrogen-bond acceptors (Lipinski definition) is 3. The van der Waals surface area contributed by atoms with Crippen LogP contribution in [0.15, 0.2) is 0 Å². The van der Waals surface area contributed by atoms with E-state index in [-0.39, 0.29) is 0 Å². The Morgan fingerprint density at radius 1 is 1.41 bits per heavy atom. The first-order valence-electron chi connectivity index (χ1n) is 4.88. The largest absolute Gasteiger partial charge is 0.479 e. The van der Waals surface area contributed by atoms with E-state index in [2.05, 4.69) is 0 Å². The molecule has 2 atom stereocenters. The van der Waals surface area contributed by atoms with Crippen molar-refractivity contribution in [2.45, 2.75) is 25.1 Å². The molecule has 0 spiro atoms. The molecule has 1 saturated heterocycles. The lowest BCUT2D eigenvalue weighted by Gasteiger charge is -2.29. The van der Waals surface area contributed by atoms with Crippen LogP contribution in [0.4, 0.5) is 13.2 Å². The number of thioether (sulfide) groups is 1. The number of nitrogens with one attached hydrogen (secondary N) is 1. The third-order valence-corrected chi connectivity index (χ3v) is 3.83. The number of aliphatic carboxylic acids is 1. The third kappa shape index (κ3) is 2.85. The lowest BCUT2D eigenvalue weighted by atomic mass is 9.99. The molecule has 2 N–H and O–H groups in total. The number of alkyl halides is 3. The molecule has 0 aliphatic carbocycles. The van der Waals surface area contributed by atoms with Crippen LogP contribution in [-0.2, 0) is 9.59 Å². The molecule has 0 aromatic heterocycles. The maximum atomic E-state index is 12.6. The number of carboxylic acids is 1. The van der Waals surface area contributed by atoms with Crippen LogP contribution in [0.2, 0.25) is 0 Å². The van der Waals surface area contributed by atoms with E-state index in [1.54, 1.807) is 5.32 Å². The first-order chi connectivity index (χ1) is 7.68. The average Bonchev–Trinajstić information content (AvgIpc) is 2.67. The van der Waals surface area contributed by atoms with E-state index in [1.807, 2.05) is 0 Å². The van der Waals surface area contributed by atoms with E-state index < -0.39 is 29.5 Å². The van der Waals surface area contributed by atoms with Crippen LogP contribution in [0.3, 0.4) is 0 Å². The minimum absolute atomic E-state index is 0.430. The standard InChI is InChI=1S/C9H12F3NO3S/c1-8(7(15)16,9(10,11)12)13-6(14)5-2-3-17-4-5/h5H,2-4H2,1H3,(H,13,14)(H,15,16). The van der Waals surface area contributed by atoms with Gasteiger partial charge >= 0.3 is 12.1 Å². The SMILES string of the molecule is CC(NC(=O)C1CCSC1)(C(=O)O)C(F)(F)F. The van der Waals surface area contributed by atoms with Crippen LogP contribution in [-0.4, -0.2) is 40.2 Å². The smallest absolute Gasteiger partial charge is 0.422 e. The van der Waals surface area contributed by atoms with E-state index in [0.29, 0.717) is 24.9 Å². The van der Waals surface area contributed by atoms with Gasteiger partial charge in [0, 0.05) is 11.7 Å². The van der Waals surface area contributed by atoms with E-state index in [9.17, 15) is 22.8 Å². The minimum atomic E-state index is -5.03. The van der Waals surface area contributed by atoms with Crippen LogP contribution in [0.25, 0.3) is 0 Å². The summed E-state index contributed by atoms with van der Waals surface area (Å²) in [4.78, 5) is 22.2. The highest BCUT2D eigenvalue weighted by Gasteiger charge is 2.58. The fourth-order valence-electron chi connectivity index (χ4n) is 1.34. The van der Waals surface area contributed by atoms with Crippen molar-refractivity contribution in [2.24, 2.45) is 5.92 Å². The van der Waals surface area contributed by atoms with Crippen molar-refractivity contribution in [3.63, 3.8) is 0 Å². The molecule has 1 aliphatic rings. The second-order valence-corrected chi connectivity index (χ2v) is 5.13. The molecular weight excluding hydrogens is 259 g/mol. The second-order valence-electron chi connectivity index (χ2n) is 3.98. The van der Waals surface area contributed by atoms with E-state index in [0.717, 1.165) is 0 Å². The van der Waals surface area contributed by atoms with Gasteiger partial charge in [0.25, 0.3) is 0 Å². The highest BCUT2D eigenvalue weighted by atomic mass is 32.2. The molecular formula is C9H12F3NO3S. The number of carboxylic acid groups (broad SMARTS) is 1. The topological polar surface area (TPSA) is 66.4 Å². The summed E-state index contributed by atoms with van der Waals surface area (Å²) >= 11 is 1.46. The normalized spacial score (nSPS) is 24.1. The van der Waals surface area contributed by atoms with E-state index in [4.69, 9.17) is 5.11 Å². The summed E-state index contributed by atoms with van der Waals surface area (Å²) in [6, 6.07) is 0. The Bertz CT molecular complexity index is 328. The Labute approximate surface area is 99.9 Å². The van der Waals surface area contributed by atoms with Gasteiger partial charge in [-0.2, -0.15) is 24.9 Å². The van der Waals surface area contributed by atoms with Gasteiger partial charge in [-0.3, -0.25) is 4.79 Å². The zero-order valence-corrected chi connectivity index (χ0v) is 9.82. The third-order valence-electron chi connectivity index (χ3n) is 2.67. The van der Waals surface area contributed by atoms with Crippen molar-refractivity contribution in [1.29, 1.82) is 0 Å². The number of amides is 1. The Hall–Kier alpha value is -0.920. The Morgan fingerprint density at radius 3 is 2.35 bits per heavy atom. The van der Waals surface area contributed by atoms with Gasteiger partial charge in [0.2, 0.25) is 11.4 Å². The second kappa shape index (κ2) is 4.75. The van der Waals surface area contributed by atoms with Crippen LogP contribution in [0.1, 0.15) is 13.3 Å². The van der Waals surface area contributed by atoms with Gasteiger partial charge in [-0.05, 0) is 19.1 Å². The minimum Gasteiger partial charge on any atom is -0.479 e. The lowest BCUT2D eigenvalue weighted by molar-refractivity contribution is -0.207. The molecule has 0 bridgehead atoms. The summed E-state index contributed by atoms with van der Waals surface area (Å²) in [6.07, 6.45) is -4.55. The molecule has 1 amide bonds. The molecule has 1 fully saturated rings. The molecule has 0 saturated carbocycles. The quantitative estimate of drug-likeness (QED) is 0.811. The van der Waals surface area contributed by atoms with Crippen LogP contribution in [0, 0.1) is 5.92 Å². The van der Waals surface area contributed by atoms with Gasteiger partial charge in [0.1, 0.15) is 0 Å². The van der Waals surface area contributed by atoms with Gasteiger partial charge in [0.05, 0.1) is 0 Å². The highest BCUT2D eigenvalue weighted by Crippen LogP contribution is 2.32. The average molecular weight is 271 g/mol. The van der Waals surface area contributed by atoms with Gasteiger partial charge < -0.3 is 10.4 Å². The van der Waals surface area contributed by atoms with E-state index in [1.165, 1.54) is 11.8 Å². The van der Waals surface area contributed by atoms with Crippen molar-refractivity contribution >= 4 is 23.6 Å². The zero-order valence-electron chi connectivity index (χ0n) is 9.00. The van der Waals surface area contributed by atoms with Crippen molar-refractivity contribution in [3.8, 4) is 0 Å². The molecule has 0 aromatic rings. The highest BCUT2D eigenvalue weighted by molar-refractivity contribution is 7.99. The van der Waals surface area contributed by atoms with Gasteiger partial charge in [0.15, 0.2) is 0 Å². The van der Waals surface area contributed by atoms with Gasteiger partial charge in [-0.25, -0.2) is 4.79 Å². The number of halogens is 3. The summed E-state index contributed by atoms with van der Waals surface area (Å²) in [5, 5.41) is 10.2. The predicted molar refractivity (Wildman–Crippen MR) is 55.7 cm³/mol. The summed E-state index contributed by atoms with van der Waals surface area (Å²) in [5.74, 6) is -2.37. The number of carbonyl (C=O) groups is 2. The fraction of sp³-hybridized carbons (Fsp3) is 0.778. The molecule has 98 valence electrons. The van der Waals surface area contributed by atoms with Crippen molar-refractivity contribution < 1.29 is 27.9 Å². The van der Waals surface area contributed by atoms with Gasteiger partial charge in [-0.15, -0.1) is 0 Å². The van der Waals surface area contributed by atoms with Gasteiger partial charge in [-0.1, -0.05) is 0 Å². The van der Waals surface area contributed by atoms with Crippen LogP contribution < -0.4 is 5.32 Å². The molecule has 1 rings (SSSR count). The Balaban J connectivity index is 2.80. The first-order valence-corrected chi connectivity index (χ1v) is 6.04. The Kier molecular flexibility index (Phi) is 3.95. The van der Waals surface area contributed by atoms with Crippen molar-refractivity contribution in [2.75, 3.05) is 11.5 Å². The monoisotopic (exact) mass is 271 g/mol. The zero-order chi connectivity index (χ0) is 13.3. The molecule has 8 heteroatoms. The first kappa shape index (κ1) is 14.1. The maximum absolute atomic E-state index is 12.6. The maximum Gasteiger partial charge on any atom is 0.422 e. The summed E-state index contributed by atoms with van der Waals surface area (Å²) in [6.45, 7) is 0.454. The van der Waals surface area contributed by atoms with Crippen molar-refractivity contribution in [3.05, 3.63) is 0 Å². The molecule has 2 unspecified atom stereocenters. The molecule has 0 aromatic carbocycles. The Morgan fingerprint density at radius 2 is 2.00 bits per heavy atom. The lowest BCUT2D eigenvalue weighted by Crippen LogP contribution is -2.62. The van der Waals surface area contributed by atoms with Crippen LogP contribution >= 0.6 is 11.8 Å². The molecule has 1 heterocycles. The predicted octanol–water partition coefficient (Wildman–Crippen LogP) is 1.26. The number of hydrogen-bond donors (Lipinski definition) is 2. The summed E-state index contributed by atoms with van der Waals surface area (Å²) in [7, 11) is 0. The van der Waals surface area contributed by atoms with Crippen molar-refractivity contribution in [1.82, 2.24) is 5.32 Å².